The minimum atomic E-state index is -0.460. The molecule has 7 nitrogen and oxygen atoms in total. The van der Waals surface area contributed by atoms with Gasteiger partial charge in [0, 0.05) is 18.4 Å². The molecular formula is C13H13N5O2S. The van der Waals surface area contributed by atoms with E-state index in [1.807, 2.05) is 6.92 Å². The summed E-state index contributed by atoms with van der Waals surface area (Å²) >= 11 is 1.21. The quantitative estimate of drug-likeness (QED) is 0.862. The van der Waals surface area contributed by atoms with Crippen LogP contribution in [0.2, 0.25) is 0 Å². The SMILES string of the molecule is Cc1ccnc(-c2ncc(C(=O)N[C@H]3CCNC3=O)s2)n1. The lowest BCUT2D eigenvalue weighted by Crippen LogP contribution is -2.39. The van der Waals surface area contributed by atoms with E-state index in [0.29, 0.717) is 28.7 Å². The molecule has 0 aromatic carbocycles. The normalized spacial score (nSPS) is 17.6. The highest BCUT2D eigenvalue weighted by molar-refractivity contribution is 7.16. The Hall–Kier alpha value is -2.35. The van der Waals surface area contributed by atoms with Crippen LogP contribution in [0, 0.1) is 6.92 Å². The average Bonchev–Trinajstić information content (AvgIpc) is 3.09. The van der Waals surface area contributed by atoms with E-state index in [9.17, 15) is 9.59 Å². The first-order valence-electron chi connectivity index (χ1n) is 6.48. The third kappa shape index (κ3) is 2.89. The fraction of sp³-hybridized carbons (Fsp3) is 0.308. The van der Waals surface area contributed by atoms with E-state index in [1.165, 1.54) is 17.5 Å². The van der Waals surface area contributed by atoms with Gasteiger partial charge in [-0.05, 0) is 19.4 Å². The smallest absolute Gasteiger partial charge is 0.263 e. The molecule has 1 aliphatic heterocycles. The maximum absolute atomic E-state index is 12.1. The molecule has 1 atom stereocenters. The number of amides is 2. The van der Waals surface area contributed by atoms with E-state index < -0.39 is 6.04 Å². The molecule has 0 bridgehead atoms. The number of hydrogen-bond acceptors (Lipinski definition) is 6. The monoisotopic (exact) mass is 303 g/mol. The summed E-state index contributed by atoms with van der Waals surface area (Å²) in [5.41, 5.74) is 0.837. The number of hydrogen-bond donors (Lipinski definition) is 2. The zero-order valence-corrected chi connectivity index (χ0v) is 12.1. The highest BCUT2D eigenvalue weighted by Gasteiger charge is 2.26. The van der Waals surface area contributed by atoms with Crippen molar-refractivity contribution in [2.24, 2.45) is 0 Å². The molecule has 3 rings (SSSR count). The summed E-state index contributed by atoms with van der Waals surface area (Å²) in [7, 11) is 0. The molecule has 0 saturated carbocycles. The first-order valence-corrected chi connectivity index (χ1v) is 7.29. The second kappa shape index (κ2) is 5.57. The fourth-order valence-electron chi connectivity index (χ4n) is 2.00. The summed E-state index contributed by atoms with van der Waals surface area (Å²) in [6, 6.07) is 1.34. The molecular weight excluding hydrogens is 290 g/mol. The van der Waals surface area contributed by atoms with Crippen LogP contribution in [-0.2, 0) is 4.79 Å². The Kier molecular flexibility index (Phi) is 3.61. The van der Waals surface area contributed by atoms with Crippen LogP contribution >= 0.6 is 11.3 Å². The van der Waals surface area contributed by atoms with Gasteiger partial charge < -0.3 is 10.6 Å². The Balaban J connectivity index is 1.75. The van der Waals surface area contributed by atoms with Gasteiger partial charge in [0.2, 0.25) is 5.91 Å². The summed E-state index contributed by atoms with van der Waals surface area (Å²) in [6.45, 7) is 2.46. The Labute approximate surface area is 124 Å². The van der Waals surface area contributed by atoms with E-state index in [0.717, 1.165) is 5.69 Å². The molecule has 0 spiro atoms. The Bertz CT molecular complexity index is 699. The van der Waals surface area contributed by atoms with Crippen molar-refractivity contribution in [1.29, 1.82) is 0 Å². The molecule has 1 aliphatic rings. The summed E-state index contributed by atoms with van der Waals surface area (Å²) in [6.07, 6.45) is 3.74. The highest BCUT2D eigenvalue weighted by atomic mass is 32.1. The molecule has 1 saturated heterocycles. The number of aryl methyl sites for hydroxylation is 1. The van der Waals surface area contributed by atoms with Crippen LogP contribution < -0.4 is 10.6 Å². The summed E-state index contributed by atoms with van der Waals surface area (Å²) < 4.78 is 0. The van der Waals surface area contributed by atoms with E-state index in [-0.39, 0.29) is 11.8 Å². The van der Waals surface area contributed by atoms with Gasteiger partial charge in [0.15, 0.2) is 10.8 Å². The fourth-order valence-corrected chi connectivity index (χ4v) is 2.76. The third-order valence-electron chi connectivity index (χ3n) is 3.07. The van der Waals surface area contributed by atoms with Crippen molar-refractivity contribution in [1.82, 2.24) is 25.6 Å². The van der Waals surface area contributed by atoms with Gasteiger partial charge in [-0.1, -0.05) is 0 Å². The third-order valence-corrected chi connectivity index (χ3v) is 4.06. The van der Waals surface area contributed by atoms with Crippen LogP contribution in [0.3, 0.4) is 0 Å². The lowest BCUT2D eigenvalue weighted by molar-refractivity contribution is -0.120. The lowest BCUT2D eigenvalue weighted by atomic mass is 10.2. The van der Waals surface area contributed by atoms with Crippen molar-refractivity contribution in [2.75, 3.05) is 6.54 Å². The number of nitrogens with one attached hydrogen (secondary N) is 2. The number of carbonyl (C=O) groups excluding carboxylic acids is 2. The molecule has 108 valence electrons. The molecule has 8 heteroatoms. The van der Waals surface area contributed by atoms with Crippen molar-refractivity contribution in [3.05, 3.63) is 29.0 Å². The van der Waals surface area contributed by atoms with Gasteiger partial charge in [-0.25, -0.2) is 15.0 Å². The maximum atomic E-state index is 12.1. The number of carbonyl (C=O) groups is 2. The molecule has 0 aliphatic carbocycles. The zero-order valence-electron chi connectivity index (χ0n) is 11.3. The molecule has 2 amide bonds. The van der Waals surface area contributed by atoms with Gasteiger partial charge in [-0.3, -0.25) is 9.59 Å². The first kappa shape index (κ1) is 13.6. The van der Waals surface area contributed by atoms with Crippen molar-refractivity contribution in [3.63, 3.8) is 0 Å². The largest absolute Gasteiger partial charge is 0.354 e. The number of aromatic nitrogens is 3. The van der Waals surface area contributed by atoms with Crippen molar-refractivity contribution in [2.45, 2.75) is 19.4 Å². The second-order valence-corrected chi connectivity index (χ2v) is 5.69. The second-order valence-electron chi connectivity index (χ2n) is 4.66. The zero-order chi connectivity index (χ0) is 14.8. The number of thiazole rings is 1. The predicted octanol–water partition coefficient (Wildman–Crippen LogP) is 0.527. The van der Waals surface area contributed by atoms with Crippen LogP contribution in [0.15, 0.2) is 18.5 Å². The lowest BCUT2D eigenvalue weighted by Gasteiger charge is -2.07. The molecule has 2 N–H and O–H groups in total. The highest BCUT2D eigenvalue weighted by Crippen LogP contribution is 2.22. The Morgan fingerprint density at radius 2 is 2.33 bits per heavy atom. The van der Waals surface area contributed by atoms with Crippen LogP contribution in [0.25, 0.3) is 10.8 Å². The van der Waals surface area contributed by atoms with E-state index in [2.05, 4.69) is 25.6 Å². The summed E-state index contributed by atoms with van der Waals surface area (Å²) in [4.78, 5) is 36.6. The van der Waals surface area contributed by atoms with Crippen molar-refractivity contribution < 1.29 is 9.59 Å². The summed E-state index contributed by atoms with van der Waals surface area (Å²) in [5.74, 6) is 0.0567. The van der Waals surface area contributed by atoms with Gasteiger partial charge >= 0.3 is 0 Å². The van der Waals surface area contributed by atoms with Gasteiger partial charge in [-0.2, -0.15) is 0 Å². The van der Waals surface area contributed by atoms with Gasteiger partial charge in [-0.15, -0.1) is 11.3 Å². The molecule has 2 aromatic rings. The standard InChI is InChI=1S/C13H13N5O2S/c1-7-2-4-14-10(17-7)13-16-6-9(21-13)12(20)18-8-3-5-15-11(8)19/h2,4,6,8H,3,5H2,1H3,(H,15,19)(H,18,20)/t8-/m0/s1. The van der Waals surface area contributed by atoms with E-state index >= 15 is 0 Å². The van der Waals surface area contributed by atoms with Gasteiger partial charge in [0.05, 0.1) is 6.20 Å². The maximum Gasteiger partial charge on any atom is 0.263 e. The minimum Gasteiger partial charge on any atom is -0.354 e. The predicted molar refractivity (Wildman–Crippen MR) is 76.8 cm³/mol. The van der Waals surface area contributed by atoms with Crippen LogP contribution in [0.4, 0.5) is 0 Å². The average molecular weight is 303 g/mol. The van der Waals surface area contributed by atoms with E-state index in [4.69, 9.17) is 0 Å². The van der Waals surface area contributed by atoms with Crippen LogP contribution in [0.5, 0.6) is 0 Å². The van der Waals surface area contributed by atoms with Crippen molar-refractivity contribution >= 4 is 23.2 Å². The number of rotatable bonds is 3. The molecule has 0 radical (unpaired) electrons. The first-order chi connectivity index (χ1) is 10.1. The Morgan fingerprint density at radius 3 is 3.05 bits per heavy atom. The van der Waals surface area contributed by atoms with Crippen molar-refractivity contribution in [3.8, 4) is 10.8 Å². The number of nitrogens with zero attached hydrogens (tertiary/aromatic N) is 3. The molecule has 0 unspecified atom stereocenters. The van der Waals surface area contributed by atoms with Crippen LogP contribution in [0.1, 0.15) is 21.8 Å². The van der Waals surface area contributed by atoms with E-state index in [1.54, 1.807) is 12.3 Å². The summed E-state index contributed by atoms with van der Waals surface area (Å²) in [5, 5.41) is 5.96. The molecule has 1 fully saturated rings. The van der Waals surface area contributed by atoms with Gasteiger partial charge in [0.1, 0.15) is 10.9 Å². The molecule has 21 heavy (non-hydrogen) atoms. The minimum absolute atomic E-state index is 0.143. The molecule has 3 heterocycles. The topological polar surface area (TPSA) is 96.9 Å². The molecule has 2 aromatic heterocycles. The van der Waals surface area contributed by atoms with Gasteiger partial charge in [0.25, 0.3) is 5.91 Å². The Morgan fingerprint density at radius 1 is 1.48 bits per heavy atom. The van der Waals surface area contributed by atoms with Crippen LogP contribution in [-0.4, -0.2) is 39.4 Å².